The molecule has 1 aliphatic rings. The second-order valence-corrected chi connectivity index (χ2v) is 7.50. The smallest absolute Gasteiger partial charge is 0.273 e. The van der Waals surface area contributed by atoms with Gasteiger partial charge in [0.15, 0.2) is 0 Å². The first-order valence-electron chi connectivity index (χ1n) is 9.40. The van der Waals surface area contributed by atoms with Crippen LogP contribution < -0.4 is 5.73 Å². The number of hydrogen-bond donors (Lipinski definition) is 2. The van der Waals surface area contributed by atoms with Gasteiger partial charge in [0, 0.05) is 12.2 Å². The quantitative estimate of drug-likeness (QED) is 0.741. The number of fused-ring (bicyclic) bond motifs is 1. The number of aromatic nitrogens is 4. The molecule has 1 atom stereocenters. The maximum atomic E-state index is 13.2. The average Bonchev–Trinajstić information content (AvgIpc) is 3.26. The summed E-state index contributed by atoms with van der Waals surface area (Å²) in [4.78, 5) is 31.5. The molecule has 3 aromatic rings. The SMILES string of the molecule is CC(C)Cc1cc(C(=O)N2CCC[C@@H]2c2nc3ccccc3[nH]2)nc(N)n1. The fraction of sp³-hybridized carbons (Fsp3) is 0.400. The van der Waals surface area contributed by atoms with Gasteiger partial charge >= 0.3 is 0 Å². The Bertz CT molecular complexity index is 947. The molecule has 3 N–H and O–H groups in total. The Balaban J connectivity index is 1.63. The number of carbonyl (C=O) groups excluding carboxylic acids is 1. The summed E-state index contributed by atoms with van der Waals surface area (Å²) in [7, 11) is 0. The zero-order chi connectivity index (χ0) is 19.0. The fourth-order valence-corrected chi connectivity index (χ4v) is 3.72. The van der Waals surface area contributed by atoms with Crippen LogP contribution in [-0.2, 0) is 6.42 Å². The van der Waals surface area contributed by atoms with Gasteiger partial charge in [-0.3, -0.25) is 4.79 Å². The summed E-state index contributed by atoms with van der Waals surface area (Å²) >= 11 is 0. The monoisotopic (exact) mass is 364 g/mol. The summed E-state index contributed by atoms with van der Waals surface area (Å²) in [5.74, 6) is 1.29. The van der Waals surface area contributed by atoms with Crippen LogP contribution in [0.4, 0.5) is 5.95 Å². The lowest BCUT2D eigenvalue weighted by molar-refractivity contribution is 0.0724. The highest BCUT2D eigenvalue weighted by molar-refractivity contribution is 5.93. The Morgan fingerprint density at radius 3 is 2.89 bits per heavy atom. The van der Waals surface area contributed by atoms with Crippen molar-refractivity contribution in [1.29, 1.82) is 0 Å². The molecule has 1 fully saturated rings. The molecular formula is C20H24N6O. The molecule has 0 saturated carbocycles. The molecule has 4 rings (SSSR count). The van der Waals surface area contributed by atoms with E-state index in [0.29, 0.717) is 18.2 Å². The predicted molar refractivity (Wildman–Crippen MR) is 104 cm³/mol. The molecule has 0 bridgehead atoms. The van der Waals surface area contributed by atoms with Crippen molar-refractivity contribution in [2.75, 3.05) is 12.3 Å². The molecule has 27 heavy (non-hydrogen) atoms. The lowest BCUT2D eigenvalue weighted by Gasteiger charge is -2.23. The number of nitrogens with zero attached hydrogens (tertiary/aromatic N) is 4. The molecule has 1 saturated heterocycles. The number of likely N-dealkylation sites (tertiary alicyclic amines) is 1. The van der Waals surface area contributed by atoms with Crippen LogP contribution in [0.15, 0.2) is 30.3 Å². The summed E-state index contributed by atoms with van der Waals surface area (Å²) in [6.45, 7) is 4.90. The van der Waals surface area contributed by atoms with E-state index in [4.69, 9.17) is 5.73 Å². The highest BCUT2D eigenvalue weighted by Gasteiger charge is 2.33. The molecule has 0 spiro atoms. The number of carbonyl (C=O) groups is 1. The van der Waals surface area contributed by atoms with Crippen molar-refractivity contribution in [3.8, 4) is 0 Å². The van der Waals surface area contributed by atoms with E-state index in [0.717, 1.165) is 41.8 Å². The minimum Gasteiger partial charge on any atom is -0.368 e. The van der Waals surface area contributed by atoms with Gasteiger partial charge in [-0.25, -0.2) is 15.0 Å². The van der Waals surface area contributed by atoms with E-state index < -0.39 is 0 Å². The number of benzene rings is 1. The van der Waals surface area contributed by atoms with E-state index in [1.54, 1.807) is 6.07 Å². The number of rotatable bonds is 4. The Kier molecular flexibility index (Phi) is 4.51. The van der Waals surface area contributed by atoms with Crippen LogP contribution in [0.1, 0.15) is 54.7 Å². The summed E-state index contributed by atoms with van der Waals surface area (Å²) < 4.78 is 0. The molecule has 0 radical (unpaired) electrons. The number of anilines is 1. The first kappa shape index (κ1) is 17.5. The highest BCUT2D eigenvalue weighted by Crippen LogP contribution is 2.32. The number of H-pyrrole nitrogens is 1. The first-order chi connectivity index (χ1) is 13.0. The molecule has 7 nitrogen and oxygen atoms in total. The van der Waals surface area contributed by atoms with Crippen LogP contribution in [-0.4, -0.2) is 37.3 Å². The Morgan fingerprint density at radius 1 is 1.30 bits per heavy atom. The van der Waals surface area contributed by atoms with E-state index in [9.17, 15) is 4.79 Å². The number of aromatic amines is 1. The molecule has 7 heteroatoms. The van der Waals surface area contributed by atoms with Gasteiger partial charge in [0.25, 0.3) is 5.91 Å². The molecule has 1 amide bonds. The lowest BCUT2D eigenvalue weighted by atomic mass is 10.1. The predicted octanol–water partition coefficient (Wildman–Crippen LogP) is 3.11. The van der Waals surface area contributed by atoms with Crippen LogP contribution in [0.25, 0.3) is 11.0 Å². The van der Waals surface area contributed by atoms with Crippen molar-refractivity contribution in [1.82, 2.24) is 24.8 Å². The fourth-order valence-electron chi connectivity index (χ4n) is 3.72. The number of amides is 1. The summed E-state index contributed by atoms with van der Waals surface area (Å²) in [5, 5.41) is 0. The third-order valence-electron chi connectivity index (χ3n) is 4.87. The number of imidazole rings is 1. The van der Waals surface area contributed by atoms with Gasteiger partial charge in [-0.05, 0) is 43.4 Å². The highest BCUT2D eigenvalue weighted by atomic mass is 16.2. The second kappa shape index (κ2) is 6.98. The Hall–Kier alpha value is -2.96. The third kappa shape index (κ3) is 3.49. The first-order valence-corrected chi connectivity index (χ1v) is 9.40. The van der Waals surface area contributed by atoms with Gasteiger partial charge in [0.1, 0.15) is 11.5 Å². The van der Waals surface area contributed by atoms with E-state index >= 15 is 0 Å². The van der Waals surface area contributed by atoms with Gasteiger partial charge in [0.05, 0.1) is 17.1 Å². The Labute approximate surface area is 158 Å². The van der Waals surface area contributed by atoms with Crippen LogP contribution in [0.3, 0.4) is 0 Å². The standard InChI is InChI=1S/C20H24N6O/c1-12(2)10-13-11-16(25-20(21)22-13)19(27)26-9-5-8-17(26)18-23-14-6-3-4-7-15(14)24-18/h3-4,6-7,11-12,17H,5,8-10H2,1-2H3,(H,23,24)(H2,21,22,25)/t17-/m1/s1. The second-order valence-electron chi connectivity index (χ2n) is 7.50. The van der Waals surface area contributed by atoms with Crippen molar-refractivity contribution in [2.45, 2.75) is 39.2 Å². The van der Waals surface area contributed by atoms with Crippen molar-refractivity contribution >= 4 is 22.9 Å². The Morgan fingerprint density at radius 2 is 2.11 bits per heavy atom. The van der Waals surface area contributed by atoms with E-state index in [-0.39, 0.29) is 17.9 Å². The van der Waals surface area contributed by atoms with Crippen LogP contribution in [0, 0.1) is 5.92 Å². The maximum Gasteiger partial charge on any atom is 0.273 e. The summed E-state index contributed by atoms with van der Waals surface area (Å²) in [6.07, 6.45) is 2.58. The van der Waals surface area contributed by atoms with Gasteiger partial charge in [-0.2, -0.15) is 0 Å². The van der Waals surface area contributed by atoms with E-state index in [2.05, 4.69) is 33.8 Å². The zero-order valence-electron chi connectivity index (χ0n) is 15.6. The van der Waals surface area contributed by atoms with E-state index in [1.807, 2.05) is 29.2 Å². The third-order valence-corrected chi connectivity index (χ3v) is 4.87. The van der Waals surface area contributed by atoms with E-state index in [1.165, 1.54) is 0 Å². The average molecular weight is 364 g/mol. The van der Waals surface area contributed by atoms with Crippen molar-refractivity contribution < 1.29 is 4.79 Å². The van der Waals surface area contributed by atoms with Crippen molar-refractivity contribution in [3.05, 3.63) is 47.5 Å². The molecule has 1 aromatic carbocycles. The summed E-state index contributed by atoms with van der Waals surface area (Å²) in [6, 6.07) is 9.60. The van der Waals surface area contributed by atoms with Gasteiger partial charge < -0.3 is 15.6 Å². The van der Waals surface area contributed by atoms with Gasteiger partial charge in [0.2, 0.25) is 5.95 Å². The van der Waals surface area contributed by atoms with Gasteiger partial charge in [-0.1, -0.05) is 26.0 Å². The molecule has 0 unspecified atom stereocenters. The molecule has 0 aliphatic carbocycles. The largest absolute Gasteiger partial charge is 0.368 e. The van der Waals surface area contributed by atoms with Gasteiger partial charge in [-0.15, -0.1) is 0 Å². The number of nitrogens with two attached hydrogens (primary N) is 1. The zero-order valence-corrected chi connectivity index (χ0v) is 15.6. The van der Waals surface area contributed by atoms with Crippen molar-refractivity contribution in [3.63, 3.8) is 0 Å². The van der Waals surface area contributed by atoms with Crippen molar-refractivity contribution in [2.24, 2.45) is 5.92 Å². The molecular weight excluding hydrogens is 340 g/mol. The minimum atomic E-state index is -0.114. The number of para-hydroxylation sites is 2. The number of hydrogen-bond acceptors (Lipinski definition) is 5. The normalized spacial score (nSPS) is 17.1. The van der Waals surface area contributed by atoms with Crippen LogP contribution in [0.2, 0.25) is 0 Å². The van der Waals surface area contributed by atoms with Crippen LogP contribution >= 0.6 is 0 Å². The summed E-state index contributed by atoms with van der Waals surface area (Å²) in [5.41, 5.74) is 8.92. The molecule has 2 aromatic heterocycles. The molecule has 140 valence electrons. The maximum absolute atomic E-state index is 13.2. The topological polar surface area (TPSA) is 101 Å². The molecule has 1 aliphatic heterocycles. The molecule has 3 heterocycles. The lowest BCUT2D eigenvalue weighted by Crippen LogP contribution is -2.32. The number of nitrogen functional groups attached to an aromatic ring is 1. The van der Waals surface area contributed by atoms with Crippen LogP contribution in [0.5, 0.6) is 0 Å². The number of nitrogens with one attached hydrogen (secondary N) is 1. The minimum absolute atomic E-state index is 0.0744.